The highest BCUT2D eigenvalue weighted by molar-refractivity contribution is 5.87. The number of ether oxygens (including phenoxy) is 1. The molecule has 2 aromatic heterocycles. The lowest BCUT2D eigenvalue weighted by Crippen LogP contribution is -2.24. The molecule has 0 amide bonds. The average Bonchev–Trinajstić information content (AvgIpc) is 3.32. The maximum absolute atomic E-state index is 13.1. The Bertz CT molecular complexity index is 1340. The van der Waals surface area contributed by atoms with E-state index in [4.69, 9.17) is 4.74 Å². The number of nitrogens with zero attached hydrogens (tertiary/aromatic N) is 4. The van der Waals surface area contributed by atoms with Gasteiger partial charge in [0.15, 0.2) is 0 Å². The van der Waals surface area contributed by atoms with E-state index in [-0.39, 0.29) is 18.0 Å². The number of alkyl halides is 3. The smallest absolute Gasteiger partial charge is 0.416 e. The fourth-order valence-electron chi connectivity index (χ4n) is 3.15. The first-order valence-electron chi connectivity index (χ1n) is 9.77. The summed E-state index contributed by atoms with van der Waals surface area (Å²) in [5, 5.41) is 8.10. The van der Waals surface area contributed by atoms with Gasteiger partial charge >= 0.3 is 12.1 Å². The molecule has 2 aromatic carbocycles. The molecule has 0 saturated carbocycles. The fourth-order valence-corrected chi connectivity index (χ4v) is 3.15. The number of esters is 1. The number of carbonyl (C=O) groups excluding carboxylic acids is 1. The second-order valence-electron chi connectivity index (χ2n) is 7.15. The standard InChI is InChI=1S/C23H17F3N4O3/c1-15-12-20(31)21(28-30(15)19-5-2-4-17(13-19)23(24,25)26)22(32)33-14-16-6-8-18(9-7-16)29-11-3-10-27-29/h2-13H,14H2,1H3. The lowest BCUT2D eigenvalue weighted by atomic mass is 10.2. The Balaban J connectivity index is 1.54. The van der Waals surface area contributed by atoms with Crippen LogP contribution in [0, 0.1) is 6.92 Å². The quantitative estimate of drug-likeness (QED) is 0.424. The topological polar surface area (TPSA) is 79.0 Å². The molecule has 0 atom stereocenters. The predicted octanol–water partition coefficient (Wildman–Crippen LogP) is 4.10. The molecule has 0 aliphatic heterocycles. The molecule has 0 N–H and O–H groups in total. The van der Waals surface area contributed by atoms with Crippen molar-refractivity contribution in [2.45, 2.75) is 19.7 Å². The van der Waals surface area contributed by atoms with Crippen molar-refractivity contribution in [3.8, 4) is 11.4 Å². The van der Waals surface area contributed by atoms with Crippen LogP contribution in [-0.4, -0.2) is 25.5 Å². The van der Waals surface area contributed by atoms with E-state index in [1.54, 1.807) is 47.4 Å². The van der Waals surface area contributed by atoms with Gasteiger partial charge in [-0.3, -0.25) is 4.79 Å². The molecule has 0 unspecified atom stereocenters. The monoisotopic (exact) mass is 454 g/mol. The zero-order valence-corrected chi connectivity index (χ0v) is 17.3. The second-order valence-corrected chi connectivity index (χ2v) is 7.15. The highest BCUT2D eigenvalue weighted by Crippen LogP contribution is 2.30. The van der Waals surface area contributed by atoms with Crippen molar-refractivity contribution in [2.24, 2.45) is 0 Å². The summed E-state index contributed by atoms with van der Waals surface area (Å²) in [7, 11) is 0. The predicted molar refractivity (Wildman–Crippen MR) is 112 cm³/mol. The second kappa shape index (κ2) is 8.73. The van der Waals surface area contributed by atoms with Crippen LogP contribution in [0.4, 0.5) is 13.2 Å². The van der Waals surface area contributed by atoms with Gasteiger partial charge in [-0.25, -0.2) is 14.2 Å². The lowest BCUT2D eigenvalue weighted by Gasteiger charge is -2.13. The van der Waals surface area contributed by atoms with Crippen molar-refractivity contribution in [2.75, 3.05) is 0 Å². The Hall–Kier alpha value is -4.21. The highest BCUT2D eigenvalue weighted by Gasteiger charge is 2.30. The summed E-state index contributed by atoms with van der Waals surface area (Å²) in [6.45, 7) is 1.39. The van der Waals surface area contributed by atoms with Crippen molar-refractivity contribution >= 4 is 5.97 Å². The van der Waals surface area contributed by atoms with Gasteiger partial charge in [-0.15, -0.1) is 0 Å². The summed E-state index contributed by atoms with van der Waals surface area (Å²) < 4.78 is 47.2. The number of aryl methyl sites for hydroxylation is 1. The molecule has 0 saturated heterocycles. The van der Waals surface area contributed by atoms with Crippen LogP contribution >= 0.6 is 0 Å². The maximum atomic E-state index is 13.1. The van der Waals surface area contributed by atoms with E-state index >= 15 is 0 Å². The summed E-state index contributed by atoms with van der Waals surface area (Å²) in [6, 6.07) is 14.4. The molecule has 0 bridgehead atoms. The first-order chi connectivity index (χ1) is 15.7. The van der Waals surface area contributed by atoms with E-state index in [2.05, 4.69) is 10.2 Å². The van der Waals surface area contributed by atoms with Gasteiger partial charge in [0.1, 0.15) is 6.61 Å². The zero-order valence-electron chi connectivity index (χ0n) is 17.3. The van der Waals surface area contributed by atoms with Crippen LogP contribution in [0.5, 0.6) is 0 Å². The summed E-state index contributed by atoms with van der Waals surface area (Å²) >= 11 is 0. The van der Waals surface area contributed by atoms with Crippen molar-refractivity contribution in [1.29, 1.82) is 0 Å². The van der Waals surface area contributed by atoms with Gasteiger partial charge in [-0.1, -0.05) is 18.2 Å². The summed E-state index contributed by atoms with van der Waals surface area (Å²) in [5.41, 5.74) is -0.261. The van der Waals surface area contributed by atoms with Crippen LogP contribution in [0.25, 0.3) is 11.4 Å². The molecule has 0 aliphatic rings. The van der Waals surface area contributed by atoms with Crippen molar-refractivity contribution in [3.63, 3.8) is 0 Å². The summed E-state index contributed by atoms with van der Waals surface area (Å²) in [5.74, 6) is -0.975. The molecule has 7 nitrogen and oxygen atoms in total. The number of carbonyl (C=O) groups is 1. The van der Waals surface area contributed by atoms with E-state index in [0.717, 1.165) is 28.6 Å². The Morgan fingerprint density at radius 2 is 1.79 bits per heavy atom. The summed E-state index contributed by atoms with van der Waals surface area (Å²) in [6.07, 6.45) is -1.11. The van der Waals surface area contributed by atoms with Crippen molar-refractivity contribution in [1.82, 2.24) is 19.6 Å². The zero-order chi connectivity index (χ0) is 23.6. The van der Waals surface area contributed by atoms with Gasteiger partial charge in [0.2, 0.25) is 11.1 Å². The summed E-state index contributed by atoms with van der Waals surface area (Å²) in [4.78, 5) is 24.8. The van der Waals surface area contributed by atoms with Crippen LogP contribution in [0.15, 0.2) is 77.9 Å². The number of rotatable bonds is 5. The van der Waals surface area contributed by atoms with E-state index in [1.165, 1.54) is 19.1 Å². The number of hydrogen-bond acceptors (Lipinski definition) is 5. The third-order valence-corrected chi connectivity index (χ3v) is 4.79. The van der Waals surface area contributed by atoms with Crippen LogP contribution in [0.3, 0.4) is 0 Å². The Morgan fingerprint density at radius 1 is 1.03 bits per heavy atom. The molecule has 10 heteroatoms. The molecule has 168 valence electrons. The van der Waals surface area contributed by atoms with Gasteiger partial charge in [0, 0.05) is 24.2 Å². The minimum absolute atomic E-state index is 0.0607. The average molecular weight is 454 g/mol. The first kappa shape index (κ1) is 22.0. The normalized spacial score (nSPS) is 11.4. The number of hydrogen-bond donors (Lipinski definition) is 0. The molecule has 2 heterocycles. The van der Waals surface area contributed by atoms with Crippen LogP contribution in [0.1, 0.15) is 27.3 Å². The van der Waals surface area contributed by atoms with Gasteiger partial charge in [-0.05, 0) is 48.9 Å². The van der Waals surface area contributed by atoms with Gasteiger partial charge in [0.05, 0.1) is 16.9 Å². The molecule has 33 heavy (non-hydrogen) atoms. The largest absolute Gasteiger partial charge is 0.456 e. The Morgan fingerprint density at radius 3 is 2.45 bits per heavy atom. The van der Waals surface area contributed by atoms with Crippen LogP contribution in [-0.2, 0) is 17.5 Å². The lowest BCUT2D eigenvalue weighted by molar-refractivity contribution is -0.137. The van der Waals surface area contributed by atoms with Crippen molar-refractivity contribution in [3.05, 3.63) is 106 Å². The van der Waals surface area contributed by atoms with E-state index in [9.17, 15) is 22.8 Å². The Labute approximate surface area is 185 Å². The molecule has 4 aromatic rings. The van der Waals surface area contributed by atoms with Crippen molar-refractivity contribution < 1.29 is 22.7 Å². The minimum atomic E-state index is -4.54. The van der Waals surface area contributed by atoms with Gasteiger partial charge in [-0.2, -0.15) is 23.4 Å². The third-order valence-electron chi connectivity index (χ3n) is 4.79. The highest BCUT2D eigenvalue weighted by atomic mass is 19.4. The molecule has 0 aliphatic carbocycles. The van der Waals surface area contributed by atoms with E-state index < -0.39 is 28.8 Å². The minimum Gasteiger partial charge on any atom is -0.456 e. The Kier molecular flexibility index (Phi) is 5.82. The number of benzene rings is 2. The number of aromatic nitrogens is 4. The molecule has 0 fully saturated rings. The molecular formula is C23H17F3N4O3. The molecule has 0 spiro atoms. The molecule has 4 rings (SSSR count). The SMILES string of the molecule is Cc1cc(=O)c(C(=O)OCc2ccc(-n3cccn3)cc2)nn1-c1cccc(C(F)(F)F)c1. The van der Waals surface area contributed by atoms with Crippen LogP contribution < -0.4 is 5.43 Å². The first-order valence-corrected chi connectivity index (χ1v) is 9.77. The van der Waals surface area contributed by atoms with E-state index in [0.29, 0.717) is 5.56 Å². The fraction of sp³-hybridized carbons (Fsp3) is 0.130. The van der Waals surface area contributed by atoms with Crippen LogP contribution in [0.2, 0.25) is 0 Å². The maximum Gasteiger partial charge on any atom is 0.416 e. The van der Waals surface area contributed by atoms with Gasteiger partial charge < -0.3 is 4.74 Å². The number of halogens is 3. The molecular weight excluding hydrogens is 437 g/mol. The van der Waals surface area contributed by atoms with Gasteiger partial charge in [0.25, 0.3) is 0 Å². The third kappa shape index (κ3) is 4.84. The molecule has 0 radical (unpaired) electrons. The van der Waals surface area contributed by atoms with E-state index in [1.807, 2.05) is 0 Å².